The maximum atomic E-state index is 13.0. The van der Waals surface area contributed by atoms with Gasteiger partial charge in [-0.3, -0.25) is 9.69 Å². The lowest BCUT2D eigenvalue weighted by Crippen LogP contribution is -2.29. The highest BCUT2D eigenvalue weighted by atomic mass is 32.2. The summed E-state index contributed by atoms with van der Waals surface area (Å²) in [7, 11) is 3.58. The van der Waals surface area contributed by atoms with Gasteiger partial charge in [-0.15, -0.1) is 6.58 Å². The summed E-state index contributed by atoms with van der Waals surface area (Å²) in [6.07, 6.45) is 3.05. The van der Waals surface area contributed by atoms with E-state index in [-0.39, 0.29) is 5.91 Å². The van der Waals surface area contributed by atoms with Crippen molar-refractivity contribution in [3.8, 4) is 5.75 Å². The van der Waals surface area contributed by atoms with E-state index in [1.54, 1.807) is 29.8 Å². The number of aromatic nitrogens is 3. The zero-order valence-electron chi connectivity index (χ0n) is 14.7. The highest BCUT2D eigenvalue weighted by Crippen LogP contribution is 2.50. The number of aromatic amines is 1. The smallest absolute Gasteiger partial charge is 0.269 e. The molecule has 0 aliphatic carbocycles. The van der Waals surface area contributed by atoms with Gasteiger partial charge in [0.25, 0.3) is 5.91 Å². The van der Waals surface area contributed by atoms with Gasteiger partial charge in [-0.1, -0.05) is 17.8 Å². The standard InChI is InChI=1S/C17H16N6O2S2/c1-4-7-23-14(24)13(27-17(23)20-16-18-9-19-21-16)15-22(2)11-8-10(25-3)5-6-12(11)26-15/h4-6,8-9H,1,7H2,2-3H3,(H,18,19,21)/b15-13-,20-17-. The molecule has 2 aliphatic heterocycles. The first-order valence-electron chi connectivity index (χ1n) is 8.01. The molecule has 0 bridgehead atoms. The first-order valence-corrected chi connectivity index (χ1v) is 9.64. The number of anilines is 1. The van der Waals surface area contributed by atoms with Crippen molar-refractivity contribution in [1.82, 2.24) is 20.1 Å². The van der Waals surface area contributed by atoms with Crippen molar-refractivity contribution < 1.29 is 9.53 Å². The molecule has 1 aromatic heterocycles. The Hall–Kier alpha value is -2.72. The van der Waals surface area contributed by atoms with Crippen LogP contribution in [0, 0.1) is 0 Å². The Morgan fingerprint density at radius 2 is 2.26 bits per heavy atom. The fourth-order valence-electron chi connectivity index (χ4n) is 2.70. The van der Waals surface area contributed by atoms with Gasteiger partial charge in [0.05, 0.1) is 17.8 Å². The molecular formula is C17H16N6O2S2. The lowest BCUT2D eigenvalue weighted by Gasteiger charge is -2.15. The summed E-state index contributed by atoms with van der Waals surface area (Å²) < 4.78 is 5.32. The summed E-state index contributed by atoms with van der Waals surface area (Å²) in [5.41, 5.74) is 1.01. The number of carbonyl (C=O) groups excluding carboxylic acids is 1. The Labute approximate surface area is 164 Å². The number of aliphatic imine (C=N–C) groups is 1. The van der Waals surface area contributed by atoms with Crippen LogP contribution in [0.4, 0.5) is 11.6 Å². The van der Waals surface area contributed by atoms with Gasteiger partial charge in [-0.05, 0) is 23.9 Å². The molecule has 8 nitrogen and oxygen atoms in total. The highest BCUT2D eigenvalue weighted by Gasteiger charge is 2.38. The first-order chi connectivity index (χ1) is 13.1. The van der Waals surface area contributed by atoms with Crippen molar-refractivity contribution in [3.05, 3.63) is 47.1 Å². The maximum Gasteiger partial charge on any atom is 0.269 e. The number of nitrogens with zero attached hydrogens (tertiary/aromatic N) is 5. The van der Waals surface area contributed by atoms with Crippen LogP contribution in [0.5, 0.6) is 5.75 Å². The number of nitrogens with one attached hydrogen (secondary N) is 1. The minimum absolute atomic E-state index is 0.104. The van der Waals surface area contributed by atoms with Crippen LogP contribution in [-0.4, -0.2) is 51.9 Å². The van der Waals surface area contributed by atoms with E-state index in [1.165, 1.54) is 18.1 Å². The molecule has 0 unspecified atom stereocenters. The predicted molar refractivity (Wildman–Crippen MR) is 107 cm³/mol. The molecule has 0 atom stereocenters. The van der Waals surface area contributed by atoms with Crippen molar-refractivity contribution in [2.45, 2.75) is 4.90 Å². The molecule has 1 aromatic carbocycles. The van der Waals surface area contributed by atoms with Gasteiger partial charge in [-0.2, -0.15) is 15.1 Å². The Morgan fingerprint density at radius 3 is 2.96 bits per heavy atom. The summed E-state index contributed by atoms with van der Waals surface area (Å²) >= 11 is 2.88. The molecule has 0 radical (unpaired) electrons. The number of benzene rings is 1. The number of hydrogen-bond donors (Lipinski definition) is 1. The van der Waals surface area contributed by atoms with Crippen LogP contribution in [0.15, 0.2) is 57.0 Å². The minimum Gasteiger partial charge on any atom is -0.497 e. The normalized spacial score (nSPS) is 20.5. The van der Waals surface area contributed by atoms with Crippen LogP contribution in [0.25, 0.3) is 0 Å². The van der Waals surface area contributed by atoms with E-state index in [4.69, 9.17) is 4.74 Å². The maximum absolute atomic E-state index is 13.0. The summed E-state index contributed by atoms with van der Waals surface area (Å²) in [4.78, 5) is 26.8. The van der Waals surface area contributed by atoms with Crippen LogP contribution in [0.1, 0.15) is 0 Å². The molecule has 1 fully saturated rings. The summed E-state index contributed by atoms with van der Waals surface area (Å²) in [5.74, 6) is 1.03. The van der Waals surface area contributed by atoms with Gasteiger partial charge >= 0.3 is 0 Å². The molecule has 0 spiro atoms. The summed E-state index contributed by atoms with van der Waals surface area (Å²) in [5, 5.41) is 7.89. The number of amides is 1. The van der Waals surface area contributed by atoms with Gasteiger partial charge in [0.15, 0.2) is 5.17 Å². The number of hydrogen-bond acceptors (Lipinski definition) is 8. The van der Waals surface area contributed by atoms with Crippen LogP contribution in [0.2, 0.25) is 0 Å². The first kappa shape index (κ1) is 17.7. The largest absolute Gasteiger partial charge is 0.497 e. The second kappa shape index (κ2) is 7.12. The zero-order chi connectivity index (χ0) is 19.0. The number of amidine groups is 1. The average Bonchev–Trinajstić information content (AvgIpc) is 3.37. The average molecular weight is 400 g/mol. The fourth-order valence-corrected chi connectivity index (χ4v) is 5.02. The van der Waals surface area contributed by atoms with Crippen molar-refractivity contribution >= 4 is 46.2 Å². The molecule has 10 heteroatoms. The lowest BCUT2D eigenvalue weighted by atomic mass is 10.3. The van der Waals surface area contributed by atoms with Crippen LogP contribution < -0.4 is 9.64 Å². The molecule has 3 heterocycles. The van der Waals surface area contributed by atoms with Gasteiger partial charge < -0.3 is 9.64 Å². The summed E-state index contributed by atoms with van der Waals surface area (Å²) in [6, 6.07) is 5.88. The second-order valence-electron chi connectivity index (χ2n) is 5.64. The Balaban J connectivity index is 1.73. The van der Waals surface area contributed by atoms with Gasteiger partial charge in [0.1, 0.15) is 17.0 Å². The molecule has 1 saturated heterocycles. The van der Waals surface area contributed by atoms with Crippen LogP contribution in [-0.2, 0) is 4.79 Å². The molecule has 4 rings (SSSR count). The Bertz CT molecular complexity index is 970. The van der Waals surface area contributed by atoms with Crippen molar-refractivity contribution in [3.63, 3.8) is 0 Å². The summed E-state index contributed by atoms with van der Waals surface area (Å²) in [6.45, 7) is 4.11. The Kier molecular flexibility index (Phi) is 4.66. The third kappa shape index (κ3) is 3.10. The number of rotatable bonds is 4. The van der Waals surface area contributed by atoms with Gasteiger partial charge in [-0.25, -0.2) is 5.10 Å². The topological polar surface area (TPSA) is 86.7 Å². The quantitative estimate of drug-likeness (QED) is 0.624. The molecule has 1 N–H and O–H groups in total. The van der Waals surface area contributed by atoms with E-state index in [0.717, 1.165) is 21.4 Å². The number of ether oxygens (including phenoxy) is 1. The third-order valence-electron chi connectivity index (χ3n) is 4.01. The monoisotopic (exact) mass is 400 g/mol. The number of thioether (sulfide) groups is 2. The molecule has 2 aromatic rings. The highest BCUT2D eigenvalue weighted by molar-refractivity contribution is 8.19. The van der Waals surface area contributed by atoms with Gasteiger partial charge in [0, 0.05) is 24.6 Å². The van der Waals surface area contributed by atoms with Crippen molar-refractivity contribution in [1.29, 1.82) is 0 Å². The minimum atomic E-state index is -0.104. The number of carbonyl (C=O) groups is 1. The van der Waals surface area contributed by atoms with E-state index >= 15 is 0 Å². The molecule has 27 heavy (non-hydrogen) atoms. The van der Waals surface area contributed by atoms with E-state index in [2.05, 4.69) is 26.8 Å². The number of methoxy groups -OCH3 is 1. The molecular weight excluding hydrogens is 384 g/mol. The molecule has 2 aliphatic rings. The SMILES string of the molecule is C=CCN1C(=O)/C(=C2/Sc3ccc(OC)cc3N2C)S/C1=N\c1ncn[nH]1. The molecule has 138 valence electrons. The van der Waals surface area contributed by atoms with Crippen molar-refractivity contribution in [2.24, 2.45) is 4.99 Å². The lowest BCUT2D eigenvalue weighted by molar-refractivity contribution is -0.121. The molecule has 0 saturated carbocycles. The van der Waals surface area contributed by atoms with E-state index in [9.17, 15) is 4.79 Å². The van der Waals surface area contributed by atoms with Crippen molar-refractivity contribution in [2.75, 3.05) is 25.6 Å². The Morgan fingerprint density at radius 1 is 1.41 bits per heavy atom. The predicted octanol–water partition coefficient (Wildman–Crippen LogP) is 2.97. The van der Waals surface area contributed by atoms with Crippen LogP contribution in [0.3, 0.4) is 0 Å². The number of H-pyrrole nitrogens is 1. The fraction of sp³-hybridized carbons (Fsp3) is 0.176. The van der Waals surface area contributed by atoms with Crippen LogP contribution >= 0.6 is 23.5 Å². The van der Waals surface area contributed by atoms with Gasteiger partial charge in [0.2, 0.25) is 5.95 Å². The number of fused-ring (bicyclic) bond motifs is 1. The zero-order valence-corrected chi connectivity index (χ0v) is 16.3. The van der Waals surface area contributed by atoms with E-state index in [1.807, 2.05) is 30.1 Å². The molecule has 1 amide bonds. The second-order valence-corrected chi connectivity index (χ2v) is 7.65. The van der Waals surface area contributed by atoms with E-state index in [0.29, 0.717) is 22.6 Å². The van der Waals surface area contributed by atoms with E-state index < -0.39 is 0 Å². The third-order valence-corrected chi connectivity index (χ3v) is 6.44.